The fourth-order valence-corrected chi connectivity index (χ4v) is 4.34. The Morgan fingerprint density at radius 1 is 1.10 bits per heavy atom. The number of anilines is 3. The van der Waals surface area contributed by atoms with Gasteiger partial charge in [-0.3, -0.25) is 0 Å². The monoisotopic (exact) mass is 461 g/mol. The second-order valence-electron chi connectivity index (χ2n) is 7.34. The van der Waals surface area contributed by atoms with Crippen LogP contribution in [0.15, 0.2) is 59.8 Å². The molecule has 1 saturated heterocycles. The van der Waals surface area contributed by atoms with Gasteiger partial charge in [-0.05, 0) is 17.2 Å². The van der Waals surface area contributed by atoms with Crippen LogP contribution in [0.3, 0.4) is 0 Å². The van der Waals surface area contributed by atoms with Crippen molar-refractivity contribution >= 4 is 40.7 Å². The third-order valence-corrected chi connectivity index (χ3v) is 6.28. The molecule has 0 aliphatic carbocycles. The van der Waals surface area contributed by atoms with E-state index in [0.717, 1.165) is 11.1 Å². The molecule has 1 aliphatic heterocycles. The van der Waals surface area contributed by atoms with E-state index in [9.17, 15) is 8.78 Å². The average molecular weight is 462 g/mol. The number of rotatable bonds is 7. The Morgan fingerprint density at radius 3 is 2.55 bits per heavy atom. The number of thioether (sulfide) groups is 1. The van der Waals surface area contributed by atoms with Gasteiger partial charge >= 0.3 is 0 Å². The summed E-state index contributed by atoms with van der Waals surface area (Å²) in [5.41, 5.74) is 8.57. The number of nitrogens with two attached hydrogens (primary N) is 1. The van der Waals surface area contributed by atoms with Crippen molar-refractivity contribution in [1.82, 2.24) is 9.97 Å². The SMILES string of the molecule is Nc1c(NCc2ccccc2Cl)nc(SCc2ccccc2)nc1N1CCC(F)(F)C1. The lowest BCUT2D eigenvalue weighted by Gasteiger charge is -2.21. The van der Waals surface area contributed by atoms with Crippen LogP contribution in [0.4, 0.5) is 26.1 Å². The van der Waals surface area contributed by atoms with Gasteiger partial charge in [0.2, 0.25) is 0 Å². The number of nitrogens with one attached hydrogen (secondary N) is 1. The standard InChI is InChI=1S/C22H22ClF2N5S/c23-17-9-5-4-8-16(17)12-27-19-18(26)20(30-11-10-22(24,25)14-30)29-21(28-19)31-13-15-6-2-1-3-7-15/h1-9H,10-14,26H2,(H,27,28,29). The molecule has 2 aromatic carbocycles. The molecule has 0 spiro atoms. The summed E-state index contributed by atoms with van der Waals surface area (Å²) in [6.45, 7) is 0.196. The molecule has 2 heterocycles. The molecule has 0 atom stereocenters. The highest BCUT2D eigenvalue weighted by atomic mass is 35.5. The maximum atomic E-state index is 13.8. The molecule has 0 radical (unpaired) electrons. The Labute approximate surface area is 189 Å². The van der Waals surface area contributed by atoms with Gasteiger partial charge in [0.1, 0.15) is 5.69 Å². The number of benzene rings is 2. The number of hydrogen-bond donors (Lipinski definition) is 2. The van der Waals surface area contributed by atoms with Gasteiger partial charge in [-0.1, -0.05) is 71.9 Å². The van der Waals surface area contributed by atoms with Crippen LogP contribution < -0.4 is 16.0 Å². The van der Waals surface area contributed by atoms with Gasteiger partial charge in [-0.25, -0.2) is 18.7 Å². The summed E-state index contributed by atoms with van der Waals surface area (Å²) in [7, 11) is 0. The van der Waals surface area contributed by atoms with Crippen LogP contribution >= 0.6 is 23.4 Å². The molecule has 1 aromatic heterocycles. The van der Waals surface area contributed by atoms with E-state index in [1.54, 1.807) is 6.07 Å². The number of nitrogens with zero attached hydrogens (tertiary/aromatic N) is 3. The average Bonchev–Trinajstić information content (AvgIpc) is 3.13. The summed E-state index contributed by atoms with van der Waals surface area (Å²) in [4.78, 5) is 10.6. The van der Waals surface area contributed by atoms with Crippen LogP contribution in [0.5, 0.6) is 0 Å². The lowest BCUT2D eigenvalue weighted by Crippen LogP contribution is -2.27. The molecule has 162 valence electrons. The molecule has 1 fully saturated rings. The van der Waals surface area contributed by atoms with Gasteiger partial charge < -0.3 is 16.0 Å². The molecule has 3 aromatic rings. The summed E-state index contributed by atoms with van der Waals surface area (Å²) in [5, 5.41) is 4.31. The highest BCUT2D eigenvalue weighted by Gasteiger charge is 2.39. The van der Waals surface area contributed by atoms with Crippen molar-refractivity contribution in [3.8, 4) is 0 Å². The first-order chi connectivity index (χ1) is 14.9. The molecule has 0 unspecified atom stereocenters. The summed E-state index contributed by atoms with van der Waals surface area (Å²) < 4.78 is 27.7. The molecular weight excluding hydrogens is 440 g/mol. The fourth-order valence-electron chi connectivity index (χ4n) is 3.34. The Morgan fingerprint density at radius 2 is 1.84 bits per heavy atom. The Balaban J connectivity index is 1.60. The molecule has 4 rings (SSSR count). The Bertz CT molecular complexity index is 1050. The van der Waals surface area contributed by atoms with E-state index in [-0.39, 0.29) is 18.7 Å². The lowest BCUT2D eigenvalue weighted by atomic mass is 10.2. The van der Waals surface area contributed by atoms with E-state index in [1.165, 1.54) is 16.7 Å². The molecule has 1 aliphatic rings. The fraction of sp³-hybridized carbons (Fsp3) is 0.273. The molecule has 0 bridgehead atoms. The number of hydrogen-bond acceptors (Lipinski definition) is 6. The molecule has 0 saturated carbocycles. The minimum Gasteiger partial charge on any atom is -0.393 e. The first-order valence-electron chi connectivity index (χ1n) is 9.85. The zero-order chi connectivity index (χ0) is 21.8. The van der Waals surface area contributed by atoms with Crippen LogP contribution in [-0.4, -0.2) is 29.0 Å². The van der Waals surface area contributed by atoms with Crippen LogP contribution in [-0.2, 0) is 12.3 Å². The number of nitrogen functional groups attached to an aromatic ring is 1. The van der Waals surface area contributed by atoms with Crippen molar-refractivity contribution < 1.29 is 8.78 Å². The third-order valence-electron chi connectivity index (χ3n) is 4.99. The topological polar surface area (TPSA) is 67.1 Å². The van der Waals surface area contributed by atoms with Crippen molar-refractivity contribution in [2.24, 2.45) is 0 Å². The summed E-state index contributed by atoms with van der Waals surface area (Å²) in [6, 6.07) is 17.4. The van der Waals surface area contributed by atoms with Crippen LogP contribution in [0, 0.1) is 0 Å². The Hall–Kier alpha value is -2.58. The van der Waals surface area contributed by atoms with E-state index in [4.69, 9.17) is 17.3 Å². The first kappa shape index (κ1) is 21.6. The van der Waals surface area contributed by atoms with E-state index >= 15 is 0 Å². The quantitative estimate of drug-likeness (QED) is 0.359. The highest BCUT2D eigenvalue weighted by Crippen LogP contribution is 2.37. The predicted octanol–water partition coefficient (Wildman–Crippen LogP) is 5.46. The number of aromatic nitrogens is 2. The summed E-state index contributed by atoms with van der Waals surface area (Å²) in [5.74, 6) is -1.34. The van der Waals surface area contributed by atoms with E-state index < -0.39 is 12.5 Å². The van der Waals surface area contributed by atoms with Crippen molar-refractivity contribution in [2.75, 3.05) is 29.0 Å². The largest absolute Gasteiger partial charge is 0.393 e. The van der Waals surface area contributed by atoms with Crippen molar-refractivity contribution in [3.63, 3.8) is 0 Å². The maximum absolute atomic E-state index is 13.8. The third kappa shape index (κ3) is 5.37. The molecule has 0 amide bonds. The molecule has 31 heavy (non-hydrogen) atoms. The second-order valence-corrected chi connectivity index (χ2v) is 8.69. The van der Waals surface area contributed by atoms with Gasteiger partial charge in [0, 0.05) is 30.3 Å². The highest BCUT2D eigenvalue weighted by molar-refractivity contribution is 7.98. The maximum Gasteiger partial charge on any atom is 0.266 e. The summed E-state index contributed by atoms with van der Waals surface area (Å²) in [6.07, 6.45) is -0.217. The van der Waals surface area contributed by atoms with Crippen molar-refractivity contribution in [1.29, 1.82) is 0 Å². The van der Waals surface area contributed by atoms with E-state index in [0.29, 0.717) is 34.1 Å². The van der Waals surface area contributed by atoms with Gasteiger partial charge in [0.05, 0.1) is 6.54 Å². The normalized spacial score (nSPS) is 15.3. The van der Waals surface area contributed by atoms with Crippen LogP contribution in [0.2, 0.25) is 5.02 Å². The van der Waals surface area contributed by atoms with Gasteiger partial charge in [0.25, 0.3) is 5.92 Å². The van der Waals surface area contributed by atoms with Crippen LogP contribution in [0.25, 0.3) is 0 Å². The summed E-state index contributed by atoms with van der Waals surface area (Å²) >= 11 is 7.68. The molecule has 3 N–H and O–H groups in total. The van der Waals surface area contributed by atoms with Crippen molar-refractivity contribution in [3.05, 3.63) is 70.7 Å². The number of halogens is 3. The smallest absolute Gasteiger partial charge is 0.266 e. The molecular formula is C22H22ClF2N5S. The van der Waals surface area contributed by atoms with E-state index in [1.807, 2.05) is 48.5 Å². The predicted molar refractivity (Wildman–Crippen MR) is 123 cm³/mol. The van der Waals surface area contributed by atoms with Gasteiger partial charge in [-0.2, -0.15) is 0 Å². The molecule has 9 heteroatoms. The van der Waals surface area contributed by atoms with Crippen LogP contribution in [0.1, 0.15) is 17.5 Å². The minimum absolute atomic E-state index is 0.195. The second kappa shape index (κ2) is 9.28. The first-order valence-corrected chi connectivity index (χ1v) is 11.2. The zero-order valence-corrected chi connectivity index (χ0v) is 18.3. The lowest BCUT2D eigenvalue weighted by molar-refractivity contribution is 0.0257. The Kier molecular flexibility index (Phi) is 6.48. The zero-order valence-electron chi connectivity index (χ0n) is 16.7. The minimum atomic E-state index is -2.75. The van der Waals surface area contributed by atoms with Gasteiger partial charge in [-0.15, -0.1) is 0 Å². The van der Waals surface area contributed by atoms with Crippen molar-refractivity contribution in [2.45, 2.75) is 29.8 Å². The molecule has 5 nitrogen and oxygen atoms in total. The van der Waals surface area contributed by atoms with Gasteiger partial charge in [0.15, 0.2) is 16.8 Å². The number of alkyl halides is 2. The van der Waals surface area contributed by atoms with E-state index in [2.05, 4.69) is 15.3 Å².